The highest BCUT2D eigenvalue weighted by Gasteiger charge is 2.14. The number of aromatic amines is 1. The van der Waals surface area contributed by atoms with E-state index in [4.69, 9.17) is 0 Å². The van der Waals surface area contributed by atoms with E-state index in [2.05, 4.69) is 48.1 Å². The van der Waals surface area contributed by atoms with Crippen molar-refractivity contribution in [3.05, 3.63) is 44.7 Å². The van der Waals surface area contributed by atoms with Gasteiger partial charge in [-0.25, -0.2) is 9.37 Å². The molecule has 0 bridgehead atoms. The molecule has 0 spiro atoms. The van der Waals surface area contributed by atoms with Gasteiger partial charge in [0.25, 0.3) is 0 Å². The number of anilines is 1. The Balaban J connectivity index is 0.00000182. The Kier molecular flexibility index (Phi) is 9.69. The van der Waals surface area contributed by atoms with Gasteiger partial charge in [-0.3, -0.25) is 0 Å². The molecule has 0 aromatic carbocycles. The number of halogens is 4. The van der Waals surface area contributed by atoms with Crippen molar-refractivity contribution in [1.82, 2.24) is 20.3 Å². The highest BCUT2D eigenvalue weighted by molar-refractivity contribution is 9.10. The summed E-state index contributed by atoms with van der Waals surface area (Å²) < 4.78 is 14.2. The van der Waals surface area contributed by atoms with E-state index >= 15 is 0 Å². The topological polar surface area (TPSA) is 65.6 Å². The number of hydrogen-bond acceptors (Lipinski definition) is 5. The lowest BCUT2D eigenvalue weighted by Gasteiger charge is -2.05. The smallest absolute Gasteiger partial charge is 0.202 e. The van der Waals surface area contributed by atoms with Crippen molar-refractivity contribution in [3.63, 3.8) is 0 Å². The van der Waals surface area contributed by atoms with Gasteiger partial charge in [0.05, 0.1) is 10.4 Å². The molecule has 5 nitrogen and oxygen atoms in total. The highest BCUT2D eigenvalue weighted by Crippen LogP contribution is 2.37. The Morgan fingerprint density at radius 2 is 2.15 bits per heavy atom. The Bertz CT molecular complexity index is 866. The number of H-pyrrole nitrogens is 1. The highest BCUT2D eigenvalue weighted by atomic mass is 79.9. The minimum atomic E-state index is -0.393. The third-order valence-corrected chi connectivity index (χ3v) is 6.36. The molecule has 0 radical (unpaired) electrons. The van der Waals surface area contributed by atoms with Crippen molar-refractivity contribution in [3.8, 4) is 0 Å². The van der Waals surface area contributed by atoms with E-state index < -0.39 is 5.83 Å². The Labute approximate surface area is 182 Å². The molecule has 0 unspecified atom stereocenters. The molecule has 3 heterocycles. The van der Waals surface area contributed by atoms with Gasteiger partial charge in [-0.15, -0.1) is 36.2 Å². The molecule has 148 valence electrons. The molecule has 0 saturated carbocycles. The number of aromatic nitrogens is 3. The van der Waals surface area contributed by atoms with Gasteiger partial charge in [-0.05, 0) is 53.5 Å². The summed E-state index contributed by atoms with van der Waals surface area (Å²) in [7, 11) is 0. The Morgan fingerprint density at radius 3 is 2.81 bits per heavy atom. The fraction of sp³-hybridized carbons (Fsp3) is 0.294. The fourth-order valence-electron chi connectivity index (χ4n) is 2.43. The molecule has 0 atom stereocenters. The maximum Gasteiger partial charge on any atom is 0.202 e. The predicted molar refractivity (Wildman–Crippen MR) is 120 cm³/mol. The van der Waals surface area contributed by atoms with Gasteiger partial charge in [-0.2, -0.15) is 4.98 Å². The van der Waals surface area contributed by atoms with Crippen LogP contribution >= 0.6 is 52.1 Å². The monoisotopic (exact) mass is 495 g/mol. The number of nitrogens with zero attached hydrogens (tertiary/aromatic N) is 2. The lowest BCUT2D eigenvalue weighted by molar-refractivity contribution is 0.666. The maximum atomic E-state index is 13.4. The number of thiophene rings is 1. The first-order valence-electron chi connectivity index (χ1n) is 7.94. The summed E-state index contributed by atoms with van der Waals surface area (Å²) in [5.41, 5.74) is 2.71. The summed E-state index contributed by atoms with van der Waals surface area (Å²) in [5.74, 6) is 0.341. The van der Waals surface area contributed by atoms with Crippen LogP contribution in [0.3, 0.4) is 0 Å². The van der Waals surface area contributed by atoms with Crippen LogP contribution < -0.4 is 10.6 Å². The Morgan fingerprint density at radius 1 is 1.37 bits per heavy atom. The van der Waals surface area contributed by atoms with Crippen LogP contribution in [0.1, 0.15) is 21.7 Å². The normalized spacial score (nSPS) is 10.3. The second-order valence-corrected chi connectivity index (χ2v) is 7.51. The zero-order valence-electron chi connectivity index (χ0n) is 14.6. The van der Waals surface area contributed by atoms with E-state index in [1.807, 2.05) is 19.1 Å². The van der Waals surface area contributed by atoms with Gasteiger partial charge in [-0.1, -0.05) is 6.58 Å². The van der Waals surface area contributed by atoms with Gasteiger partial charge < -0.3 is 15.6 Å². The van der Waals surface area contributed by atoms with Crippen LogP contribution in [-0.2, 0) is 6.54 Å². The summed E-state index contributed by atoms with van der Waals surface area (Å²) in [6, 6.07) is 3.83. The van der Waals surface area contributed by atoms with E-state index in [1.54, 1.807) is 6.20 Å². The van der Waals surface area contributed by atoms with Gasteiger partial charge in [0.1, 0.15) is 5.83 Å². The molecule has 0 fully saturated rings. The molecular formula is C17H21BrCl2FN5S. The van der Waals surface area contributed by atoms with Crippen molar-refractivity contribution < 1.29 is 4.39 Å². The van der Waals surface area contributed by atoms with Crippen LogP contribution in [0.4, 0.5) is 10.3 Å². The van der Waals surface area contributed by atoms with Crippen molar-refractivity contribution in [1.29, 1.82) is 0 Å². The van der Waals surface area contributed by atoms with Crippen LogP contribution in [0.2, 0.25) is 0 Å². The number of imidazole rings is 1. The molecule has 3 aromatic rings. The van der Waals surface area contributed by atoms with E-state index in [1.165, 1.54) is 11.3 Å². The van der Waals surface area contributed by atoms with Crippen molar-refractivity contribution in [2.75, 3.05) is 18.4 Å². The quantitative estimate of drug-likeness (QED) is 0.362. The average molecular weight is 497 g/mol. The fourth-order valence-corrected chi connectivity index (χ4v) is 4.29. The minimum absolute atomic E-state index is 0. The van der Waals surface area contributed by atoms with Gasteiger partial charge in [0.15, 0.2) is 5.65 Å². The van der Waals surface area contributed by atoms with Crippen LogP contribution in [0, 0.1) is 6.92 Å². The summed E-state index contributed by atoms with van der Waals surface area (Å²) in [4.78, 5) is 13.5. The summed E-state index contributed by atoms with van der Waals surface area (Å²) in [6.07, 6.45) is 2.67. The summed E-state index contributed by atoms with van der Waals surface area (Å²) >= 11 is 4.87. The molecular weight excluding hydrogens is 476 g/mol. The lowest BCUT2D eigenvalue weighted by atomic mass is 10.2. The number of rotatable bonds is 8. The first-order chi connectivity index (χ1) is 12.1. The standard InChI is InChI=1S/C17H19BrFN5S.2ClH/c1-10-13(25-15(11(2)19)14(10)18)9-20-6-4-8-22-17-23-12-5-3-7-21-16(12)24-17;;/h3,5,7,20H,2,4,6,8-9H2,1H3,(H2,21,22,23,24);2*1H. The van der Waals surface area contributed by atoms with E-state index in [0.717, 1.165) is 52.4 Å². The second kappa shape index (κ2) is 11.0. The number of nitrogens with one attached hydrogen (secondary N) is 3. The molecule has 10 heteroatoms. The first kappa shape index (κ1) is 23.8. The molecule has 0 amide bonds. The molecule has 0 saturated heterocycles. The second-order valence-electron chi connectivity index (χ2n) is 5.62. The van der Waals surface area contributed by atoms with E-state index in [0.29, 0.717) is 10.5 Å². The molecule has 27 heavy (non-hydrogen) atoms. The number of hydrogen-bond donors (Lipinski definition) is 3. The predicted octanol–water partition coefficient (Wildman–Crippen LogP) is 5.47. The average Bonchev–Trinajstić information content (AvgIpc) is 3.13. The zero-order chi connectivity index (χ0) is 17.8. The molecule has 3 rings (SSSR count). The maximum absolute atomic E-state index is 13.4. The van der Waals surface area contributed by atoms with Crippen LogP contribution in [0.25, 0.3) is 17.0 Å². The van der Waals surface area contributed by atoms with Gasteiger partial charge >= 0.3 is 0 Å². The first-order valence-corrected chi connectivity index (χ1v) is 9.55. The van der Waals surface area contributed by atoms with Gasteiger partial charge in [0, 0.05) is 28.6 Å². The molecule has 3 aromatic heterocycles. The molecule has 0 aliphatic carbocycles. The number of fused-ring (bicyclic) bond motifs is 1. The largest absolute Gasteiger partial charge is 0.356 e. The SMILES string of the molecule is C=C(F)c1sc(CNCCCNc2nc3ncccc3[nH]2)c(C)c1Br.Cl.Cl. The summed E-state index contributed by atoms with van der Waals surface area (Å²) in [5, 5.41) is 6.65. The van der Waals surface area contributed by atoms with Crippen molar-refractivity contribution in [2.24, 2.45) is 0 Å². The van der Waals surface area contributed by atoms with Crippen molar-refractivity contribution >= 4 is 75.0 Å². The lowest BCUT2D eigenvalue weighted by Crippen LogP contribution is -2.17. The number of pyridine rings is 1. The third-order valence-electron chi connectivity index (χ3n) is 3.78. The van der Waals surface area contributed by atoms with E-state index in [9.17, 15) is 4.39 Å². The molecule has 0 aliphatic rings. The van der Waals surface area contributed by atoms with Gasteiger partial charge in [0.2, 0.25) is 5.95 Å². The third kappa shape index (κ3) is 5.89. The van der Waals surface area contributed by atoms with Crippen molar-refractivity contribution in [2.45, 2.75) is 19.9 Å². The zero-order valence-corrected chi connectivity index (χ0v) is 18.7. The van der Waals surface area contributed by atoms with E-state index in [-0.39, 0.29) is 24.8 Å². The van der Waals surface area contributed by atoms with Crippen LogP contribution in [-0.4, -0.2) is 28.0 Å². The molecule has 0 aliphatic heterocycles. The van der Waals surface area contributed by atoms with Crippen LogP contribution in [0.15, 0.2) is 29.4 Å². The van der Waals surface area contributed by atoms with Crippen LogP contribution in [0.5, 0.6) is 0 Å². The molecule has 3 N–H and O–H groups in total. The minimum Gasteiger partial charge on any atom is -0.356 e. The Hall–Kier alpha value is -1.19. The summed E-state index contributed by atoms with van der Waals surface area (Å²) in [6.45, 7) is 7.74.